The molecular formula is C22H24N2O4S. The molecule has 1 unspecified atom stereocenters. The van der Waals surface area contributed by atoms with Crippen LogP contribution < -0.4 is 10.3 Å². The van der Waals surface area contributed by atoms with E-state index in [1.165, 1.54) is 15.8 Å². The summed E-state index contributed by atoms with van der Waals surface area (Å²) in [5.74, 6) is 0.652. The third-order valence-corrected chi connectivity index (χ3v) is 6.49. The zero-order valence-corrected chi connectivity index (χ0v) is 17.2. The minimum Gasteiger partial charge on any atom is -0.491 e. The summed E-state index contributed by atoms with van der Waals surface area (Å²) in [6, 6.07) is 6.87. The zero-order chi connectivity index (χ0) is 20.4. The van der Waals surface area contributed by atoms with Crippen molar-refractivity contribution in [1.82, 2.24) is 9.55 Å². The highest BCUT2D eigenvalue weighted by molar-refractivity contribution is 7.18. The first-order chi connectivity index (χ1) is 14.1. The molecule has 0 saturated heterocycles. The molecule has 0 radical (unpaired) electrons. The van der Waals surface area contributed by atoms with Gasteiger partial charge in [0.2, 0.25) is 0 Å². The molecule has 7 heteroatoms. The molecular weight excluding hydrogens is 388 g/mol. The molecule has 2 aromatic heterocycles. The fourth-order valence-corrected chi connectivity index (χ4v) is 4.94. The van der Waals surface area contributed by atoms with Crippen molar-refractivity contribution in [3.05, 3.63) is 57.0 Å². The molecule has 152 valence electrons. The zero-order valence-electron chi connectivity index (χ0n) is 16.4. The second-order valence-electron chi connectivity index (χ2n) is 7.36. The van der Waals surface area contributed by atoms with Crippen LogP contribution in [0.2, 0.25) is 0 Å². The number of Topliss-reactive ketones (excluding diaryl/α,β-unsaturated/α-hetero) is 1. The number of nitrogens with zero attached hydrogens (tertiary/aromatic N) is 2. The Bertz CT molecular complexity index is 1080. The minimum atomic E-state index is -0.849. The summed E-state index contributed by atoms with van der Waals surface area (Å²) < 4.78 is 7.09. The van der Waals surface area contributed by atoms with E-state index in [1.807, 2.05) is 6.92 Å². The van der Waals surface area contributed by atoms with Gasteiger partial charge in [-0.3, -0.25) is 14.2 Å². The summed E-state index contributed by atoms with van der Waals surface area (Å²) in [5.41, 5.74) is 1.71. The first kappa shape index (κ1) is 19.8. The fraction of sp³-hybridized carbons (Fsp3) is 0.409. The standard InChI is InChI=1S/C22H24N2O4S/c1-2-18(26)14-7-9-16(10-8-14)28-12-15(25)11-24-13-23-21-20(22(24)27)17-5-3-4-6-19(17)29-21/h7-10,13,15,25H,2-6,11-12H2,1H3. The molecule has 2 heterocycles. The molecule has 0 amide bonds. The summed E-state index contributed by atoms with van der Waals surface area (Å²) in [6.45, 7) is 2.00. The average molecular weight is 413 g/mol. The number of aliphatic hydroxyl groups is 1. The van der Waals surface area contributed by atoms with Crippen molar-refractivity contribution in [2.75, 3.05) is 6.61 Å². The number of hydrogen-bond donors (Lipinski definition) is 1. The third-order valence-electron chi connectivity index (χ3n) is 5.29. The maximum atomic E-state index is 12.9. The number of benzene rings is 1. The van der Waals surface area contributed by atoms with Gasteiger partial charge in [-0.1, -0.05) is 6.92 Å². The molecule has 1 aliphatic carbocycles. The SMILES string of the molecule is CCC(=O)c1ccc(OCC(O)Cn2cnc3sc4c(c3c2=O)CCCC4)cc1. The second kappa shape index (κ2) is 8.47. The predicted octanol–water partition coefficient (Wildman–Crippen LogP) is 3.37. The van der Waals surface area contributed by atoms with Gasteiger partial charge in [0.25, 0.3) is 5.56 Å². The topological polar surface area (TPSA) is 81.4 Å². The van der Waals surface area contributed by atoms with Gasteiger partial charge in [-0.25, -0.2) is 4.98 Å². The van der Waals surface area contributed by atoms with Crippen molar-refractivity contribution in [2.24, 2.45) is 0 Å². The normalized spacial score (nSPS) is 14.6. The minimum absolute atomic E-state index is 0.0489. The van der Waals surface area contributed by atoms with Gasteiger partial charge in [0.1, 0.15) is 23.3 Å². The van der Waals surface area contributed by atoms with Gasteiger partial charge < -0.3 is 9.84 Å². The largest absolute Gasteiger partial charge is 0.491 e. The number of aromatic nitrogens is 2. The summed E-state index contributed by atoms with van der Waals surface area (Å²) in [4.78, 5) is 31.1. The highest BCUT2D eigenvalue weighted by atomic mass is 32.1. The molecule has 1 N–H and O–H groups in total. The lowest BCUT2D eigenvalue weighted by atomic mass is 9.97. The van der Waals surface area contributed by atoms with Crippen LogP contribution in [0.15, 0.2) is 35.4 Å². The summed E-state index contributed by atoms with van der Waals surface area (Å²) in [7, 11) is 0. The lowest BCUT2D eigenvalue weighted by Crippen LogP contribution is -2.30. The van der Waals surface area contributed by atoms with Crippen LogP contribution in [0.3, 0.4) is 0 Å². The first-order valence-electron chi connectivity index (χ1n) is 10.0. The lowest BCUT2D eigenvalue weighted by molar-refractivity contribution is 0.0913. The molecule has 3 aromatic rings. The number of thiophene rings is 1. The molecule has 0 aliphatic heterocycles. The Labute approximate surface area is 172 Å². The fourth-order valence-electron chi connectivity index (χ4n) is 3.72. The Kier molecular flexibility index (Phi) is 5.78. The summed E-state index contributed by atoms with van der Waals surface area (Å²) >= 11 is 1.62. The van der Waals surface area contributed by atoms with Crippen LogP contribution in [0.25, 0.3) is 10.2 Å². The highest BCUT2D eigenvalue weighted by Gasteiger charge is 2.20. The molecule has 1 aromatic carbocycles. The van der Waals surface area contributed by atoms with E-state index in [0.717, 1.165) is 41.5 Å². The number of ketones is 1. The molecule has 0 saturated carbocycles. The van der Waals surface area contributed by atoms with Crippen LogP contribution in [0.5, 0.6) is 5.75 Å². The van der Waals surface area contributed by atoms with E-state index in [4.69, 9.17) is 4.74 Å². The number of aryl methyl sites for hydroxylation is 2. The monoisotopic (exact) mass is 412 g/mol. The lowest BCUT2D eigenvalue weighted by Gasteiger charge is -2.14. The predicted molar refractivity (Wildman–Crippen MR) is 113 cm³/mol. The maximum absolute atomic E-state index is 12.9. The number of hydrogen-bond acceptors (Lipinski definition) is 6. The molecule has 0 bridgehead atoms. The van der Waals surface area contributed by atoms with Crippen LogP contribution in [-0.2, 0) is 19.4 Å². The highest BCUT2D eigenvalue weighted by Crippen LogP contribution is 2.33. The molecule has 6 nitrogen and oxygen atoms in total. The van der Waals surface area contributed by atoms with Gasteiger partial charge >= 0.3 is 0 Å². The van der Waals surface area contributed by atoms with Crippen LogP contribution in [0.4, 0.5) is 0 Å². The van der Waals surface area contributed by atoms with Gasteiger partial charge in [-0.15, -0.1) is 11.3 Å². The van der Waals surface area contributed by atoms with Crippen LogP contribution in [-0.4, -0.2) is 33.2 Å². The number of ether oxygens (including phenoxy) is 1. The second-order valence-corrected chi connectivity index (χ2v) is 8.44. The third kappa shape index (κ3) is 4.11. The average Bonchev–Trinajstić information content (AvgIpc) is 3.13. The smallest absolute Gasteiger partial charge is 0.262 e. The number of fused-ring (bicyclic) bond motifs is 3. The molecule has 0 fully saturated rings. The van der Waals surface area contributed by atoms with E-state index in [9.17, 15) is 14.7 Å². The van der Waals surface area contributed by atoms with E-state index in [0.29, 0.717) is 17.7 Å². The van der Waals surface area contributed by atoms with Crippen LogP contribution >= 0.6 is 11.3 Å². The Morgan fingerprint density at radius 1 is 1.28 bits per heavy atom. The van der Waals surface area contributed by atoms with Crippen LogP contribution in [0, 0.1) is 0 Å². The van der Waals surface area contributed by atoms with E-state index in [2.05, 4.69) is 4.98 Å². The first-order valence-corrected chi connectivity index (χ1v) is 10.8. The number of aliphatic hydroxyl groups excluding tert-OH is 1. The molecule has 29 heavy (non-hydrogen) atoms. The van der Waals surface area contributed by atoms with Gasteiger partial charge in [-0.05, 0) is 55.5 Å². The number of carbonyl (C=O) groups excluding carboxylic acids is 1. The van der Waals surface area contributed by atoms with Gasteiger partial charge in [0.05, 0.1) is 18.3 Å². The Balaban J connectivity index is 1.44. The van der Waals surface area contributed by atoms with E-state index >= 15 is 0 Å². The van der Waals surface area contributed by atoms with Gasteiger partial charge in [0.15, 0.2) is 5.78 Å². The van der Waals surface area contributed by atoms with Crippen molar-refractivity contribution < 1.29 is 14.6 Å². The Morgan fingerprint density at radius 3 is 2.79 bits per heavy atom. The molecule has 1 atom stereocenters. The number of carbonyl (C=O) groups is 1. The summed E-state index contributed by atoms with van der Waals surface area (Å²) in [6.07, 6.45) is 5.34. The molecule has 1 aliphatic rings. The Hall–Kier alpha value is -2.51. The maximum Gasteiger partial charge on any atom is 0.262 e. The van der Waals surface area contributed by atoms with E-state index in [1.54, 1.807) is 35.6 Å². The molecule has 4 rings (SSSR count). The van der Waals surface area contributed by atoms with E-state index < -0.39 is 6.10 Å². The Morgan fingerprint density at radius 2 is 2.03 bits per heavy atom. The van der Waals surface area contributed by atoms with Crippen molar-refractivity contribution in [3.63, 3.8) is 0 Å². The van der Waals surface area contributed by atoms with Crippen molar-refractivity contribution in [3.8, 4) is 5.75 Å². The van der Waals surface area contributed by atoms with Crippen LogP contribution in [0.1, 0.15) is 47.0 Å². The van der Waals surface area contributed by atoms with Crippen molar-refractivity contribution in [1.29, 1.82) is 0 Å². The van der Waals surface area contributed by atoms with E-state index in [-0.39, 0.29) is 24.5 Å². The molecule has 0 spiro atoms. The van der Waals surface area contributed by atoms with Gasteiger partial charge in [0, 0.05) is 16.9 Å². The van der Waals surface area contributed by atoms with Crippen molar-refractivity contribution in [2.45, 2.75) is 51.7 Å². The van der Waals surface area contributed by atoms with Gasteiger partial charge in [-0.2, -0.15) is 0 Å². The van der Waals surface area contributed by atoms with Crippen molar-refractivity contribution >= 4 is 27.3 Å². The quantitative estimate of drug-likeness (QED) is 0.602. The number of rotatable bonds is 7. The summed E-state index contributed by atoms with van der Waals surface area (Å²) in [5, 5.41) is 11.1.